The SMILES string of the molecule is Cc1c(Cl)c(C(=O)N2CCC2c2ccc(Cl)cc2)nn1C. The normalized spacial score (nSPS) is 17.7. The molecule has 4 nitrogen and oxygen atoms in total. The van der Waals surface area contributed by atoms with Gasteiger partial charge in [0.15, 0.2) is 5.69 Å². The average molecular weight is 324 g/mol. The second-order valence-electron chi connectivity index (χ2n) is 5.23. The molecule has 0 N–H and O–H groups in total. The fourth-order valence-corrected chi connectivity index (χ4v) is 2.88. The van der Waals surface area contributed by atoms with Gasteiger partial charge >= 0.3 is 0 Å². The van der Waals surface area contributed by atoms with Crippen LogP contribution in [-0.2, 0) is 7.05 Å². The number of hydrogen-bond donors (Lipinski definition) is 0. The van der Waals surface area contributed by atoms with Crippen molar-refractivity contribution in [3.63, 3.8) is 0 Å². The van der Waals surface area contributed by atoms with Crippen LogP contribution in [0.1, 0.15) is 34.2 Å². The number of carbonyl (C=O) groups is 1. The summed E-state index contributed by atoms with van der Waals surface area (Å²) >= 11 is 12.1. The number of benzene rings is 1. The van der Waals surface area contributed by atoms with Crippen LogP contribution >= 0.6 is 23.2 Å². The summed E-state index contributed by atoms with van der Waals surface area (Å²) < 4.78 is 1.63. The van der Waals surface area contributed by atoms with Crippen molar-refractivity contribution in [2.24, 2.45) is 7.05 Å². The van der Waals surface area contributed by atoms with Crippen LogP contribution in [0.5, 0.6) is 0 Å². The van der Waals surface area contributed by atoms with E-state index in [0.29, 0.717) is 15.7 Å². The Morgan fingerprint density at radius 3 is 2.43 bits per heavy atom. The molecule has 0 aliphatic carbocycles. The quantitative estimate of drug-likeness (QED) is 0.846. The Balaban J connectivity index is 1.85. The number of rotatable bonds is 2. The molecule has 1 atom stereocenters. The largest absolute Gasteiger partial charge is 0.330 e. The number of nitrogens with zero attached hydrogens (tertiary/aromatic N) is 3. The zero-order valence-electron chi connectivity index (χ0n) is 11.8. The Bertz CT molecular complexity index is 694. The first-order valence-corrected chi connectivity index (χ1v) is 7.50. The van der Waals surface area contributed by atoms with Crippen LogP contribution in [0.4, 0.5) is 0 Å². The summed E-state index contributed by atoms with van der Waals surface area (Å²) in [5.41, 5.74) is 2.21. The molecule has 1 unspecified atom stereocenters. The molecule has 1 aliphatic heterocycles. The molecular weight excluding hydrogens is 309 g/mol. The highest BCUT2D eigenvalue weighted by Crippen LogP contribution is 2.36. The lowest BCUT2D eigenvalue weighted by Gasteiger charge is -2.41. The van der Waals surface area contributed by atoms with Gasteiger partial charge in [0.1, 0.15) is 0 Å². The van der Waals surface area contributed by atoms with Crippen molar-refractivity contribution in [3.8, 4) is 0 Å². The molecule has 2 aromatic rings. The van der Waals surface area contributed by atoms with Gasteiger partial charge in [-0.05, 0) is 31.0 Å². The summed E-state index contributed by atoms with van der Waals surface area (Å²) in [5, 5.41) is 5.36. The summed E-state index contributed by atoms with van der Waals surface area (Å²) in [7, 11) is 1.78. The summed E-state index contributed by atoms with van der Waals surface area (Å²) in [6.45, 7) is 2.57. The van der Waals surface area contributed by atoms with Gasteiger partial charge in [0, 0.05) is 18.6 Å². The molecule has 6 heteroatoms. The molecule has 0 bridgehead atoms. The second-order valence-corrected chi connectivity index (χ2v) is 6.04. The standard InChI is InChI=1S/C15H15Cl2N3O/c1-9-13(17)14(18-19(9)2)15(21)20-8-7-12(20)10-3-5-11(16)6-4-10/h3-6,12H,7-8H2,1-2H3. The van der Waals surface area contributed by atoms with E-state index in [1.165, 1.54) is 0 Å². The molecule has 1 saturated heterocycles. The van der Waals surface area contributed by atoms with Crippen molar-refractivity contribution < 1.29 is 4.79 Å². The first kappa shape index (κ1) is 14.4. The lowest BCUT2D eigenvalue weighted by atomic mass is 9.94. The first-order chi connectivity index (χ1) is 9.99. The zero-order chi connectivity index (χ0) is 15.1. The zero-order valence-corrected chi connectivity index (χ0v) is 13.3. The van der Waals surface area contributed by atoms with Crippen LogP contribution < -0.4 is 0 Å². The van der Waals surface area contributed by atoms with Crippen LogP contribution in [0.2, 0.25) is 10.0 Å². The fourth-order valence-electron chi connectivity index (χ4n) is 2.52. The van der Waals surface area contributed by atoms with Crippen molar-refractivity contribution in [3.05, 3.63) is 51.3 Å². The van der Waals surface area contributed by atoms with Crippen molar-refractivity contribution in [2.75, 3.05) is 6.54 Å². The van der Waals surface area contributed by atoms with Gasteiger partial charge in [-0.25, -0.2) is 0 Å². The minimum absolute atomic E-state index is 0.0770. The van der Waals surface area contributed by atoms with E-state index >= 15 is 0 Å². The van der Waals surface area contributed by atoms with E-state index in [4.69, 9.17) is 23.2 Å². The van der Waals surface area contributed by atoms with Gasteiger partial charge in [0.2, 0.25) is 0 Å². The number of carbonyl (C=O) groups excluding carboxylic acids is 1. The van der Waals surface area contributed by atoms with Gasteiger partial charge < -0.3 is 4.90 Å². The lowest BCUT2D eigenvalue weighted by molar-refractivity contribution is 0.0453. The van der Waals surface area contributed by atoms with E-state index < -0.39 is 0 Å². The molecule has 1 aromatic carbocycles. The van der Waals surface area contributed by atoms with Gasteiger partial charge in [-0.2, -0.15) is 5.10 Å². The molecule has 3 rings (SSSR count). The molecule has 0 spiro atoms. The van der Waals surface area contributed by atoms with E-state index in [1.807, 2.05) is 31.2 Å². The van der Waals surface area contributed by atoms with E-state index in [0.717, 1.165) is 24.2 Å². The minimum Gasteiger partial charge on any atom is -0.330 e. The van der Waals surface area contributed by atoms with Gasteiger partial charge in [-0.15, -0.1) is 0 Å². The molecule has 1 fully saturated rings. The highest BCUT2D eigenvalue weighted by Gasteiger charge is 2.36. The third-order valence-corrected chi connectivity index (χ3v) is 4.70. The van der Waals surface area contributed by atoms with Crippen molar-refractivity contribution >= 4 is 29.1 Å². The molecule has 1 aromatic heterocycles. The number of aromatic nitrogens is 2. The summed E-state index contributed by atoms with van der Waals surface area (Å²) in [5.74, 6) is -0.116. The van der Waals surface area contributed by atoms with Gasteiger partial charge in [0.05, 0.1) is 16.8 Å². The molecule has 110 valence electrons. The Morgan fingerprint density at radius 2 is 1.95 bits per heavy atom. The third kappa shape index (κ3) is 2.43. The average Bonchev–Trinajstić information content (AvgIpc) is 2.68. The predicted molar refractivity (Wildman–Crippen MR) is 82.8 cm³/mol. The second kappa shape index (κ2) is 5.35. The summed E-state index contributed by atoms with van der Waals surface area (Å²) in [4.78, 5) is 14.4. The van der Waals surface area contributed by atoms with Crippen LogP contribution in [0, 0.1) is 6.92 Å². The van der Waals surface area contributed by atoms with Crippen LogP contribution in [-0.4, -0.2) is 27.1 Å². The predicted octanol–water partition coefficient (Wildman–Crippen LogP) is 3.62. The molecule has 1 aliphatic rings. The number of hydrogen-bond acceptors (Lipinski definition) is 2. The van der Waals surface area contributed by atoms with Crippen molar-refractivity contribution in [2.45, 2.75) is 19.4 Å². The van der Waals surface area contributed by atoms with Crippen LogP contribution in [0.3, 0.4) is 0 Å². The maximum atomic E-state index is 12.6. The maximum Gasteiger partial charge on any atom is 0.276 e. The van der Waals surface area contributed by atoms with E-state index in [1.54, 1.807) is 16.6 Å². The van der Waals surface area contributed by atoms with E-state index in [2.05, 4.69) is 5.10 Å². The number of amides is 1. The van der Waals surface area contributed by atoms with Gasteiger partial charge in [-0.1, -0.05) is 35.3 Å². The number of aryl methyl sites for hydroxylation is 1. The lowest BCUT2D eigenvalue weighted by Crippen LogP contribution is -2.45. The van der Waals surface area contributed by atoms with Gasteiger partial charge in [-0.3, -0.25) is 9.48 Å². The number of likely N-dealkylation sites (tertiary alicyclic amines) is 1. The van der Waals surface area contributed by atoms with Gasteiger partial charge in [0.25, 0.3) is 5.91 Å². The highest BCUT2D eigenvalue weighted by atomic mass is 35.5. The number of halogens is 2. The Labute approximate surface area is 133 Å². The molecule has 2 heterocycles. The molecular formula is C15H15Cl2N3O. The molecule has 0 saturated carbocycles. The summed E-state index contributed by atoms with van der Waals surface area (Å²) in [6.07, 6.45) is 0.941. The Morgan fingerprint density at radius 1 is 1.29 bits per heavy atom. The van der Waals surface area contributed by atoms with Crippen LogP contribution in [0.25, 0.3) is 0 Å². The molecule has 1 amide bonds. The smallest absolute Gasteiger partial charge is 0.276 e. The first-order valence-electron chi connectivity index (χ1n) is 6.74. The fraction of sp³-hybridized carbons (Fsp3) is 0.333. The van der Waals surface area contributed by atoms with Crippen LogP contribution in [0.15, 0.2) is 24.3 Å². The van der Waals surface area contributed by atoms with Crippen molar-refractivity contribution in [1.29, 1.82) is 0 Å². The Kier molecular flexibility index (Phi) is 3.68. The highest BCUT2D eigenvalue weighted by molar-refractivity contribution is 6.34. The van der Waals surface area contributed by atoms with Crippen molar-refractivity contribution in [1.82, 2.24) is 14.7 Å². The molecule has 0 radical (unpaired) electrons. The minimum atomic E-state index is -0.116. The van der Waals surface area contributed by atoms with E-state index in [9.17, 15) is 4.79 Å². The molecule has 21 heavy (non-hydrogen) atoms. The maximum absolute atomic E-state index is 12.6. The van der Waals surface area contributed by atoms with E-state index in [-0.39, 0.29) is 11.9 Å². The monoisotopic (exact) mass is 323 g/mol. The topological polar surface area (TPSA) is 38.1 Å². The Hall–Kier alpha value is -1.52. The third-order valence-electron chi connectivity index (χ3n) is 4.00. The summed E-state index contributed by atoms with van der Waals surface area (Å²) in [6, 6.07) is 7.68.